The monoisotopic (exact) mass is 350 g/mol. The van der Waals surface area contributed by atoms with Gasteiger partial charge in [-0.05, 0) is 37.3 Å². The predicted molar refractivity (Wildman–Crippen MR) is 99.3 cm³/mol. The number of hydrogen-bond acceptors (Lipinski definition) is 4. The van der Waals surface area contributed by atoms with Crippen LogP contribution in [0.1, 0.15) is 11.1 Å². The van der Waals surface area contributed by atoms with Gasteiger partial charge in [-0.3, -0.25) is 4.79 Å². The number of fused-ring (bicyclic) bond motifs is 3. The highest BCUT2D eigenvalue weighted by Gasteiger charge is 2.21. The highest BCUT2D eigenvalue weighted by atomic mass is 35.5. The fourth-order valence-electron chi connectivity index (χ4n) is 2.79. The number of aromatic nitrogens is 2. The van der Waals surface area contributed by atoms with Gasteiger partial charge in [-0.25, -0.2) is 9.97 Å². The Hall–Kier alpha value is -2.92. The van der Waals surface area contributed by atoms with Crippen molar-refractivity contribution in [3.8, 4) is 11.3 Å². The summed E-state index contributed by atoms with van der Waals surface area (Å²) in [6.45, 7) is 2.04. The van der Waals surface area contributed by atoms with Crippen LogP contribution in [0.5, 0.6) is 0 Å². The molecule has 124 valence electrons. The molecule has 0 bridgehead atoms. The van der Waals surface area contributed by atoms with Crippen molar-refractivity contribution in [3.05, 3.63) is 64.8 Å². The summed E-state index contributed by atoms with van der Waals surface area (Å²) in [6.07, 6.45) is 1.93. The molecule has 3 aromatic rings. The molecule has 2 heterocycles. The molecule has 5 nitrogen and oxygen atoms in total. The van der Waals surface area contributed by atoms with Gasteiger partial charge in [0, 0.05) is 28.0 Å². The highest BCUT2D eigenvalue weighted by Crippen LogP contribution is 2.34. The molecule has 0 aliphatic carbocycles. The Morgan fingerprint density at radius 3 is 2.76 bits per heavy atom. The summed E-state index contributed by atoms with van der Waals surface area (Å²) in [5, 5.41) is 6.64. The van der Waals surface area contributed by atoms with Gasteiger partial charge in [-0.2, -0.15) is 0 Å². The Labute approximate surface area is 150 Å². The van der Waals surface area contributed by atoms with Crippen LogP contribution in [0, 0.1) is 6.92 Å². The van der Waals surface area contributed by atoms with Crippen LogP contribution in [0.3, 0.4) is 0 Å². The van der Waals surface area contributed by atoms with Crippen molar-refractivity contribution in [1.82, 2.24) is 9.97 Å². The average molecular weight is 351 g/mol. The highest BCUT2D eigenvalue weighted by molar-refractivity contribution is 6.31. The van der Waals surface area contributed by atoms with Gasteiger partial charge in [0.05, 0.1) is 17.8 Å². The van der Waals surface area contributed by atoms with Crippen LogP contribution in [0.4, 0.5) is 17.3 Å². The van der Waals surface area contributed by atoms with Crippen LogP contribution in [-0.4, -0.2) is 15.9 Å². The molecule has 1 amide bonds. The number of rotatable bonds is 2. The van der Waals surface area contributed by atoms with E-state index in [4.69, 9.17) is 11.6 Å². The Morgan fingerprint density at radius 2 is 1.96 bits per heavy atom. The van der Waals surface area contributed by atoms with E-state index in [-0.39, 0.29) is 12.3 Å². The Bertz CT molecular complexity index is 970. The van der Waals surface area contributed by atoms with Gasteiger partial charge >= 0.3 is 0 Å². The van der Waals surface area contributed by atoms with Crippen molar-refractivity contribution in [2.45, 2.75) is 13.3 Å². The number of nitrogens with one attached hydrogen (secondary N) is 2. The van der Waals surface area contributed by atoms with Gasteiger partial charge in [0.2, 0.25) is 11.9 Å². The zero-order valence-corrected chi connectivity index (χ0v) is 14.3. The zero-order chi connectivity index (χ0) is 17.4. The number of carbonyl (C=O) groups excluding carboxylic acids is 1. The largest absolute Gasteiger partial charge is 0.325 e. The first-order chi connectivity index (χ1) is 12.1. The van der Waals surface area contributed by atoms with Crippen LogP contribution in [0.15, 0.2) is 48.7 Å². The van der Waals surface area contributed by atoms with Gasteiger partial charge in [0.15, 0.2) is 0 Å². The first-order valence-corrected chi connectivity index (χ1v) is 8.26. The van der Waals surface area contributed by atoms with Crippen LogP contribution < -0.4 is 10.6 Å². The maximum absolute atomic E-state index is 12.1. The van der Waals surface area contributed by atoms with E-state index in [9.17, 15) is 4.79 Å². The molecular formula is C19H15ClN4O. The quantitative estimate of drug-likeness (QED) is 0.721. The van der Waals surface area contributed by atoms with Gasteiger partial charge in [0.25, 0.3) is 0 Å². The molecule has 0 spiro atoms. The summed E-state index contributed by atoms with van der Waals surface area (Å²) >= 11 is 6.06. The van der Waals surface area contributed by atoms with E-state index in [0.29, 0.717) is 16.7 Å². The number of anilines is 3. The number of amides is 1. The molecule has 0 radical (unpaired) electrons. The van der Waals surface area contributed by atoms with E-state index < -0.39 is 0 Å². The molecule has 2 N–H and O–H groups in total. The van der Waals surface area contributed by atoms with Gasteiger partial charge in [0.1, 0.15) is 0 Å². The first-order valence-electron chi connectivity index (χ1n) is 7.88. The minimum Gasteiger partial charge on any atom is -0.325 e. The molecule has 0 saturated carbocycles. The number of carbonyl (C=O) groups is 1. The summed E-state index contributed by atoms with van der Waals surface area (Å²) < 4.78 is 0. The van der Waals surface area contributed by atoms with E-state index >= 15 is 0 Å². The summed E-state index contributed by atoms with van der Waals surface area (Å²) in [6, 6.07) is 13.4. The maximum atomic E-state index is 12.1. The molecule has 0 atom stereocenters. The third kappa shape index (κ3) is 3.19. The van der Waals surface area contributed by atoms with Crippen LogP contribution in [0.2, 0.25) is 5.02 Å². The minimum atomic E-state index is -0.106. The second-order valence-corrected chi connectivity index (χ2v) is 6.41. The number of halogens is 1. The lowest BCUT2D eigenvalue weighted by Crippen LogP contribution is -2.12. The summed E-state index contributed by atoms with van der Waals surface area (Å²) in [5.41, 5.74) is 5.10. The SMILES string of the molecule is Cc1ccc(Nc2ncc3c(n2)-c2ccc(Cl)cc2NC(=O)C3)cc1. The van der Waals surface area contributed by atoms with Crippen molar-refractivity contribution >= 4 is 34.8 Å². The lowest BCUT2D eigenvalue weighted by Gasteiger charge is -2.11. The maximum Gasteiger partial charge on any atom is 0.228 e. The van der Waals surface area contributed by atoms with E-state index in [1.54, 1.807) is 18.3 Å². The minimum absolute atomic E-state index is 0.106. The van der Waals surface area contributed by atoms with Gasteiger partial charge in [-0.1, -0.05) is 29.3 Å². The molecule has 1 aliphatic rings. The lowest BCUT2D eigenvalue weighted by atomic mass is 10.1. The van der Waals surface area contributed by atoms with Crippen LogP contribution >= 0.6 is 11.6 Å². The standard InChI is InChI=1S/C19H15ClN4O/c1-11-2-5-14(6-3-11)22-19-21-10-12-8-17(25)23-16-9-13(20)4-7-15(16)18(12)24-19/h2-7,9-10H,8H2,1H3,(H,23,25)(H,21,22,24). The number of hydrogen-bond donors (Lipinski definition) is 2. The molecule has 6 heteroatoms. The smallest absolute Gasteiger partial charge is 0.228 e. The summed E-state index contributed by atoms with van der Waals surface area (Å²) in [7, 11) is 0. The molecule has 25 heavy (non-hydrogen) atoms. The fourth-order valence-corrected chi connectivity index (χ4v) is 2.96. The molecule has 1 aliphatic heterocycles. The predicted octanol–water partition coefficient (Wildman–Crippen LogP) is 4.34. The van der Waals surface area contributed by atoms with Gasteiger partial charge in [-0.15, -0.1) is 0 Å². The van der Waals surface area contributed by atoms with Crippen molar-refractivity contribution in [2.75, 3.05) is 10.6 Å². The third-order valence-electron chi connectivity index (χ3n) is 4.03. The summed E-state index contributed by atoms with van der Waals surface area (Å²) in [5.74, 6) is 0.378. The zero-order valence-electron chi connectivity index (χ0n) is 13.5. The van der Waals surface area contributed by atoms with Crippen molar-refractivity contribution in [2.24, 2.45) is 0 Å². The Balaban J connectivity index is 1.77. The van der Waals surface area contributed by atoms with E-state index in [2.05, 4.69) is 20.6 Å². The first kappa shape index (κ1) is 15.6. The van der Waals surface area contributed by atoms with Crippen molar-refractivity contribution in [3.63, 3.8) is 0 Å². The van der Waals surface area contributed by atoms with Crippen molar-refractivity contribution in [1.29, 1.82) is 0 Å². The van der Waals surface area contributed by atoms with Crippen LogP contribution in [0.25, 0.3) is 11.3 Å². The third-order valence-corrected chi connectivity index (χ3v) is 4.27. The molecule has 4 rings (SSSR count). The molecule has 0 saturated heterocycles. The van der Waals surface area contributed by atoms with Crippen LogP contribution in [-0.2, 0) is 11.2 Å². The van der Waals surface area contributed by atoms with Crippen molar-refractivity contribution < 1.29 is 4.79 Å². The molecular weight excluding hydrogens is 336 g/mol. The van der Waals surface area contributed by atoms with Gasteiger partial charge < -0.3 is 10.6 Å². The topological polar surface area (TPSA) is 66.9 Å². The Morgan fingerprint density at radius 1 is 1.16 bits per heavy atom. The molecule has 2 aromatic carbocycles. The molecule has 0 unspecified atom stereocenters. The van der Waals surface area contributed by atoms with E-state index in [1.807, 2.05) is 37.3 Å². The number of benzene rings is 2. The normalized spacial score (nSPS) is 12.6. The lowest BCUT2D eigenvalue weighted by molar-refractivity contribution is -0.115. The number of nitrogens with zero attached hydrogens (tertiary/aromatic N) is 2. The average Bonchev–Trinajstić information content (AvgIpc) is 2.71. The molecule has 1 aromatic heterocycles. The fraction of sp³-hybridized carbons (Fsp3) is 0.105. The summed E-state index contributed by atoms with van der Waals surface area (Å²) in [4.78, 5) is 21.1. The number of aryl methyl sites for hydroxylation is 1. The molecule has 0 fully saturated rings. The van der Waals surface area contributed by atoms with E-state index in [1.165, 1.54) is 5.56 Å². The second kappa shape index (κ2) is 6.18. The van der Waals surface area contributed by atoms with E-state index in [0.717, 1.165) is 22.5 Å². The Kier molecular flexibility index (Phi) is 3.86. The second-order valence-electron chi connectivity index (χ2n) is 5.97.